The highest BCUT2D eigenvalue weighted by molar-refractivity contribution is 5.15. The minimum atomic E-state index is 0.400. The van der Waals surface area contributed by atoms with Gasteiger partial charge in [-0.2, -0.15) is 0 Å². The molecule has 1 aliphatic rings. The normalized spacial score (nSPS) is 23.7. The molecular formula is C24H38N6. The number of hydrogen-bond donors (Lipinski definition) is 4. The maximum absolute atomic E-state index is 3.67. The van der Waals surface area contributed by atoms with Crippen LogP contribution >= 0.6 is 0 Å². The Kier molecular flexibility index (Phi) is 9.76. The molecule has 2 atom stereocenters. The Morgan fingerprint density at radius 3 is 1.43 bits per heavy atom. The van der Waals surface area contributed by atoms with Crippen LogP contribution in [0.15, 0.2) is 60.7 Å². The molecule has 4 N–H and O–H groups in total. The summed E-state index contributed by atoms with van der Waals surface area (Å²) >= 11 is 0. The molecule has 1 aliphatic heterocycles. The van der Waals surface area contributed by atoms with Gasteiger partial charge in [-0.15, -0.1) is 0 Å². The van der Waals surface area contributed by atoms with Gasteiger partial charge in [0.1, 0.15) is 0 Å². The molecule has 0 spiro atoms. The maximum Gasteiger partial charge on any atom is 0.0498 e. The van der Waals surface area contributed by atoms with Crippen LogP contribution in [-0.2, 0) is 13.1 Å². The fraction of sp³-hybridized carbons (Fsp3) is 0.500. The van der Waals surface area contributed by atoms with Crippen molar-refractivity contribution < 1.29 is 0 Å². The summed E-state index contributed by atoms with van der Waals surface area (Å²) in [5.41, 5.74) is 2.69. The van der Waals surface area contributed by atoms with Crippen molar-refractivity contribution in [3.05, 3.63) is 71.8 Å². The Hall–Kier alpha value is -1.80. The molecule has 0 aromatic heterocycles. The average molecular weight is 411 g/mol. The van der Waals surface area contributed by atoms with Crippen molar-refractivity contribution in [2.45, 2.75) is 39.0 Å². The number of nitrogens with zero attached hydrogens (tertiary/aromatic N) is 2. The number of benzene rings is 2. The van der Waals surface area contributed by atoms with Gasteiger partial charge in [0.15, 0.2) is 0 Å². The highest BCUT2D eigenvalue weighted by Gasteiger charge is 2.12. The van der Waals surface area contributed by atoms with Crippen LogP contribution in [0.1, 0.15) is 25.0 Å². The van der Waals surface area contributed by atoms with Crippen molar-refractivity contribution in [1.82, 2.24) is 31.1 Å². The Balaban J connectivity index is 1.55. The van der Waals surface area contributed by atoms with E-state index in [1.165, 1.54) is 11.1 Å². The quantitative estimate of drug-likeness (QED) is 0.618. The van der Waals surface area contributed by atoms with E-state index < -0.39 is 0 Å². The molecule has 2 unspecified atom stereocenters. The Bertz CT molecular complexity index is 634. The molecule has 0 aliphatic carbocycles. The van der Waals surface area contributed by atoms with Crippen molar-refractivity contribution in [1.29, 1.82) is 0 Å². The lowest BCUT2D eigenvalue weighted by atomic mass is 10.2. The predicted molar refractivity (Wildman–Crippen MR) is 125 cm³/mol. The summed E-state index contributed by atoms with van der Waals surface area (Å²) in [6, 6.07) is 22.2. The highest BCUT2D eigenvalue weighted by atomic mass is 15.3. The van der Waals surface area contributed by atoms with Gasteiger partial charge in [0.2, 0.25) is 0 Å². The van der Waals surface area contributed by atoms with Crippen molar-refractivity contribution in [2.75, 3.05) is 39.8 Å². The predicted octanol–water partition coefficient (Wildman–Crippen LogP) is 1.97. The van der Waals surface area contributed by atoms with Crippen LogP contribution in [-0.4, -0.2) is 61.6 Å². The van der Waals surface area contributed by atoms with Crippen LogP contribution in [0.3, 0.4) is 0 Å². The van der Waals surface area contributed by atoms with Gasteiger partial charge in [0.25, 0.3) is 0 Å². The van der Waals surface area contributed by atoms with E-state index in [2.05, 4.69) is 106 Å². The van der Waals surface area contributed by atoms with Gasteiger partial charge in [0, 0.05) is 64.9 Å². The molecule has 6 nitrogen and oxygen atoms in total. The minimum Gasteiger partial charge on any atom is -0.303 e. The van der Waals surface area contributed by atoms with Crippen LogP contribution < -0.4 is 21.3 Å². The first-order chi connectivity index (χ1) is 14.7. The summed E-state index contributed by atoms with van der Waals surface area (Å²) in [4.78, 5) is 4.85. The summed E-state index contributed by atoms with van der Waals surface area (Å²) < 4.78 is 0. The number of rotatable bonds is 4. The lowest BCUT2D eigenvalue weighted by Crippen LogP contribution is -2.51. The van der Waals surface area contributed by atoms with Crippen LogP contribution in [0.4, 0.5) is 0 Å². The first-order valence-electron chi connectivity index (χ1n) is 11.1. The molecule has 3 rings (SSSR count). The minimum absolute atomic E-state index is 0.400. The molecule has 2 aromatic carbocycles. The summed E-state index contributed by atoms with van der Waals surface area (Å²) in [5, 5.41) is 14.6. The fourth-order valence-electron chi connectivity index (χ4n) is 3.61. The van der Waals surface area contributed by atoms with Gasteiger partial charge in [-0.25, -0.2) is 0 Å². The second-order valence-corrected chi connectivity index (χ2v) is 8.38. The van der Waals surface area contributed by atoms with E-state index >= 15 is 0 Å². The van der Waals surface area contributed by atoms with E-state index in [0.29, 0.717) is 12.1 Å². The molecule has 0 radical (unpaired) electrons. The van der Waals surface area contributed by atoms with Gasteiger partial charge in [-0.3, -0.25) is 9.80 Å². The van der Waals surface area contributed by atoms with E-state index in [0.717, 1.165) is 52.9 Å². The third-order valence-corrected chi connectivity index (χ3v) is 5.40. The van der Waals surface area contributed by atoms with E-state index in [9.17, 15) is 0 Å². The summed E-state index contributed by atoms with van der Waals surface area (Å²) in [7, 11) is 0. The summed E-state index contributed by atoms with van der Waals surface area (Å²) in [6.07, 6.45) is 0. The molecule has 6 heteroatoms. The fourth-order valence-corrected chi connectivity index (χ4v) is 3.61. The first-order valence-corrected chi connectivity index (χ1v) is 11.1. The maximum atomic E-state index is 3.67. The van der Waals surface area contributed by atoms with Crippen LogP contribution in [0.25, 0.3) is 0 Å². The molecule has 1 heterocycles. The third kappa shape index (κ3) is 8.52. The highest BCUT2D eigenvalue weighted by Crippen LogP contribution is 2.05. The number of nitrogens with one attached hydrogen (secondary N) is 4. The van der Waals surface area contributed by atoms with Crippen molar-refractivity contribution >= 4 is 0 Å². The molecule has 0 amide bonds. The zero-order valence-corrected chi connectivity index (χ0v) is 18.5. The lowest BCUT2D eigenvalue weighted by Gasteiger charge is -2.30. The lowest BCUT2D eigenvalue weighted by molar-refractivity contribution is 0.187. The topological polar surface area (TPSA) is 54.6 Å². The molecule has 0 bridgehead atoms. The third-order valence-electron chi connectivity index (χ3n) is 5.40. The van der Waals surface area contributed by atoms with E-state index in [4.69, 9.17) is 0 Å². The second kappa shape index (κ2) is 12.8. The summed E-state index contributed by atoms with van der Waals surface area (Å²) in [6.45, 7) is 11.7. The van der Waals surface area contributed by atoms with Crippen molar-refractivity contribution in [3.63, 3.8) is 0 Å². The van der Waals surface area contributed by atoms with Crippen LogP contribution in [0.2, 0.25) is 0 Å². The zero-order valence-electron chi connectivity index (χ0n) is 18.5. The Labute approximate surface area is 182 Å². The summed E-state index contributed by atoms with van der Waals surface area (Å²) in [5.74, 6) is 0. The molecular weight excluding hydrogens is 372 g/mol. The van der Waals surface area contributed by atoms with Gasteiger partial charge in [-0.05, 0) is 25.0 Å². The molecule has 1 saturated heterocycles. The largest absolute Gasteiger partial charge is 0.303 e. The van der Waals surface area contributed by atoms with Gasteiger partial charge < -0.3 is 21.3 Å². The van der Waals surface area contributed by atoms with Gasteiger partial charge >= 0.3 is 0 Å². The Morgan fingerprint density at radius 2 is 1.03 bits per heavy atom. The molecule has 164 valence electrons. The zero-order chi connectivity index (χ0) is 21.0. The molecule has 0 saturated carbocycles. The standard InChI is InChI=1S/C24H38N6/c1-21-13-25-17-30(16-24-11-7-4-8-12-24)20-28-22(2)14-26-18-29(19-27-21)15-23-9-5-3-6-10-23/h3-12,21-22,25-28H,13-20H2,1-2H3. The van der Waals surface area contributed by atoms with Crippen LogP contribution in [0, 0.1) is 0 Å². The SMILES string of the molecule is CC1CNCN(Cc2ccccc2)CNC(C)CNCN(Cc2ccccc2)CN1. The number of hydrogen-bond acceptors (Lipinski definition) is 6. The first kappa shape index (κ1) is 22.9. The van der Waals surface area contributed by atoms with E-state index in [1.807, 2.05) is 0 Å². The van der Waals surface area contributed by atoms with Crippen LogP contribution in [0.5, 0.6) is 0 Å². The van der Waals surface area contributed by atoms with E-state index in [1.54, 1.807) is 0 Å². The second-order valence-electron chi connectivity index (χ2n) is 8.38. The smallest absolute Gasteiger partial charge is 0.0498 e. The Morgan fingerprint density at radius 1 is 0.633 bits per heavy atom. The van der Waals surface area contributed by atoms with E-state index in [-0.39, 0.29) is 0 Å². The molecule has 2 aromatic rings. The molecule has 1 fully saturated rings. The monoisotopic (exact) mass is 410 g/mol. The molecule has 30 heavy (non-hydrogen) atoms. The van der Waals surface area contributed by atoms with Gasteiger partial charge in [0.05, 0.1) is 0 Å². The average Bonchev–Trinajstić information content (AvgIpc) is 2.76. The van der Waals surface area contributed by atoms with Crippen molar-refractivity contribution in [3.8, 4) is 0 Å². The van der Waals surface area contributed by atoms with Crippen molar-refractivity contribution in [2.24, 2.45) is 0 Å². The van der Waals surface area contributed by atoms with Gasteiger partial charge in [-0.1, -0.05) is 60.7 Å².